The Morgan fingerprint density at radius 2 is 1.77 bits per heavy atom. The van der Waals surface area contributed by atoms with Gasteiger partial charge in [0.05, 0.1) is 17.3 Å². The van der Waals surface area contributed by atoms with Crippen LogP contribution in [0.1, 0.15) is 13.0 Å². The Kier molecular flexibility index (Phi) is 5.69. The Balaban J connectivity index is 0.00000242. The summed E-state index contributed by atoms with van der Waals surface area (Å²) >= 11 is 0. The molecule has 2 aromatic rings. The molecule has 0 saturated heterocycles. The van der Waals surface area contributed by atoms with Gasteiger partial charge in [0.25, 0.3) is 0 Å². The topological polar surface area (TPSA) is 97.7 Å². The van der Waals surface area contributed by atoms with Crippen LogP contribution in [-0.4, -0.2) is 33.7 Å². The van der Waals surface area contributed by atoms with Crippen LogP contribution in [0.15, 0.2) is 41.3 Å². The van der Waals surface area contributed by atoms with E-state index in [1.54, 1.807) is 18.2 Å². The fraction of sp³-hybridized carbons (Fsp3) is 0.286. The van der Waals surface area contributed by atoms with E-state index < -0.39 is 32.6 Å². The van der Waals surface area contributed by atoms with Gasteiger partial charge in [0.15, 0.2) is 9.84 Å². The molecule has 2 rings (SSSR count). The molecule has 0 bridgehead atoms. The molecule has 0 aromatic heterocycles. The summed E-state index contributed by atoms with van der Waals surface area (Å²) in [5, 5.41) is 1.35. The summed E-state index contributed by atoms with van der Waals surface area (Å²) in [6.07, 6.45) is 0. The molecule has 0 aliphatic carbocycles. The van der Waals surface area contributed by atoms with Crippen molar-refractivity contribution in [3.05, 3.63) is 42.0 Å². The van der Waals surface area contributed by atoms with Gasteiger partial charge in [-0.25, -0.2) is 12.6 Å². The van der Waals surface area contributed by atoms with Crippen LogP contribution in [0.3, 0.4) is 0 Å². The van der Waals surface area contributed by atoms with Gasteiger partial charge in [-0.3, -0.25) is 4.55 Å². The predicted octanol–water partition coefficient (Wildman–Crippen LogP) is 2.38. The van der Waals surface area contributed by atoms with Crippen LogP contribution in [0.4, 0.5) is 0 Å². The molecule has 0 aliphatic rings. The second kappa shape index (κ2) is 6.74. The molecule has 0 saturated carbocycles. The summed E-state index contributed by atoms with van der Waals surface area (Å²) < 4.78 is 58.0. The summed E-state index contributed by atoms with van der Waals surface area (Å²) in [7, 11) is -8.37. The van der Waals surface area contributed by atoms with Gasteiger partial charge in [-0.15, -0.1) is 0 Å². The summed E-state index contributed by atoms with van der Waals surface area (Å²) in [6, 6.07) is 10.3. The molecule has 0 amide bonds. The fourth-order valence-corrected chi connectivity index (χ4v) is 3.71. The van der Waals surface area contributed by atoms with E-state index in [1.165, 1.54) is 6.07 Å². The monoisotopic (exact) mass is 346 g/mol. The van der Waals surface area contributed by atoms with Gasteiger partial charge in [-0.1, -0.05) is 43.3 Å². The van der Waals surface area contributed by atoms with Crippen molar-refractivity contribution in [1.82, 2.24) is 0 Å². The third-order valence-corrected chi connectivity index (χ3v) is 5.11. The van der Waals surface area contributed by atoms with Crippen molar-refractivity contribution in [2.45, 2.75) is 19.2 Å². The average molecular weight is 346 g/mol. The lowest BCUT2D eigenvalue weighted by molar-refractivity contribution is 0.284. The first-order valence-corrected chi connectivity index (χ1v) is 9.05. The van der Waals surface area contributed by atoms with Gasteiger partial charge < -0.3 is 0 Å². The molecule has 122 valence electrons. The molecule has 1 N–H and O–H groups in total. The van der Waals surface area contributed by atoms with Crippen molar-refractivity contribution >= 4 is 31.0 Å². The smallest absolute Gasteiger partial charge is 0.264 e. The van der Waals surface area contributed by atoms with E-state index in [9.17, 15) is 16.8 Å². The molecule has 0 atom stereocenters. The second-order valence-corrected chi connectivity index (χ2v) is 7.72. The van der Waals surface area contributed by atoms with Gasteiger partial charge in [0, 0.05) is 5.39 Å². The Labute approximate surface area is 130 Å². The maximum absolute atomic E-state index is 12.3. The molecule has 8 heteroatoms. The number of fused-ring (bicyclic) bond motifs is 1. The minimum absolute atomic E-state index is 0. The van der Waals surface area contributed by atoms with Crippen LogP contribution in [0, 0.1) is 6.92 Å². The molecular formula is C14H18O6S2. The van der Waals surface area contributed by atoms with Gasteiger partial charge in [-0.05, 0) is 18.4 Å². The third-order valence-electron chi connectivity index (χ3n) is 2.92. The Hall–Kier alpha value is -1.48. The average Bonchev–Trinajstić information content (AvgIpc) is 2.36. The highest BCUT2D eigenvalue weighted by atomic mass is 32.3. The van der Waals surface area contributed by atoms with Crippen molar-refractivity contribution in [2.24, 2.45) is 0 Å². The van der Waals surface area contributed by atoms with Gasteiger partial charge >= 0.3 is 10.4 Å². The first kappa shape index (κ1) is 18.6. The summed E-state index contributed by atoms with van der Waals surface area (Å²) in [5.41, 5.74) is 0.916. The Morgan fingerprint density at radius 1 is 1.09 bits per heavy atom. The minimum Gasteiger partial charge on any atom is -0.264 e. The maximum Gasteiger partial charge on any atom is 0.397 e. The molecule has 0 unspecified atom stereocenters. The number of benzene rings is 2. The van der Waals surface area contributed by atoms with Crippen LogP contribution < -0.4 is 0 Å². The third kappa shape index (κ3) is 4.51. The maximum atomic E-state index is 12.3. The van der Waals surface area contributed by atoms with Crippen LogP contribution in [0.25, 0.3) is 10.8 Å². The molecule has 0 radical (unpaired) electrons. The highest BCUT2D eigenvalue weighted by Crippen LogP contribution is 2.25. The van der Waals surface area contributed by atoms with Crippen molar-refractivity contribution in [1.29, 1.82) is 0 Å². The summed E-state index contributed by atoms with van der Waals surface area (Å²) in [4.78, 5) is 0.114. The van der Waals surface area contributed by atoms with Gasteiger partial charge in [0.2, 0.25) is 0 Å². The predicted molar refractivity (Wildman–Crippen MR) is 85.0 cm³/mol. The van der Waals surface area contributed by atoms with E-state index in [1.807, 2.05) is 19.1 Å². The molecule has 0 fully saturated rings. The molecular weight excluding hydrogens is 328 g/mol. The Bertz CT molecular complexity index is 869. The number of rotatable bonds is 5. The fourth-order valence-electron chi connectivity index (χ4n) is 1.99. The first-order chi connectivity index (χ1) is 9.69. The number of sulfone groups is 1. The summed E-state index contributed by atoms with van der Waals surface area (Å²) in [6.45, 7) is 1.22. The molecule has 0 aliphatic heterocycles. The van der Waals surface area contributed by atoms with E-state index in [-0.39, 0.29) is 12.3 Å². The summed E-state index contributed by atoms with van der Waals surface area (Å²) in [5.74, 6) is -0.542. The Morgan fingerprint density at radius 3 is 2.41 bits per heavy atom. The molecule has 22 heavy (non-hydrogen) atoms. The van der Waals surface area contributed by atoms with Crippen molar-refractivity contribution < 1.29 is 25.6 Å². The first-order valence-electron chi connectivity index (χ1n) is 6.03. The lowest BCUT2D eigenvalue weighted by atomic mass is 10.1. The van der Waals surface area contributed by atoms with Crippen LogP contribution in [-0.2, 0) is 24.4 Å². The molecule has 6 nitrogen and oxygen atoms in total. The number of aryl methyl sites for hydroxylation is 1. The van der Waals surface area contributed by atoms with E-state index in [2.05, 4.69) is 4.18 Å². The van der Waals surface area contributed by atoms with Crippen molar-refractivity contribution in [3.8, 4) is 0 Å². The lowest BCUT2D eigenvalue weighted by Crippen LogP contribution is -2.15. The molecule has 2 aromatic carbocycles. The zero-order chi connectivity index (χ0) is 15.7. The van der Waals surface area contributed by atoms with E-state index >= 15 is 0 Å². The number of hydrogen-bond donors (Lipinski definition) is 1. The van der Waals surface area contributed by atoms with Crippen LogP contribution >= 0.6 is 0 Å². The SMILES string of the molecule is C.Cc1ccc2cccc(S(=O)(=O)CCOS(=O)(=O)O)c2c1. The van der Waals surface area contributed by atoms with Crippen LogP contribution in [0.5, 0.6) is 0 Å². The molecule has 0 spiro atoms. The normalized spacial score (nSPS) is 12.1. The van der Waals surface area contributed by atoms with Crippen molar-refractivity contribution in [2.75, 3.05) is 12.4 Å². The van der Waals surface area contributed by atoms with E-state index in [0.717, 1.165) is 10.9 Å². The number of hydrogen-bond acceptors (Lipinski definition) is 5. The van der Waals surface area contributed by atoms with E-state index in [0.29, 0.717) is 5.39 Å². The zero-order valence-corrected chi connectivity index (χ0v) is 12.8. The van der Waals surface area contributed by atoms with Gasteiger partial charge in [0.1, 0.15) is 0 Å². The highest BCUT2D eigenvalue weighted by molar-refractivity contribution is 7.91. The second-order valence-electron chi connectivity index (χ2n) is 4.55. The zero-order valence-electron chi connectivity index (χ0n) is 11.2. The quantitative estimate of drug-likeness (QED) is 0.835. The largest absolute Gasteiger partial charge is 0.397 e. The van der Waals surface area contributed by atoms with Gasteiger partial charge in [-0.2, -0.15) is 8.42 Å². The van der Waals surface area contributed by atoms with Crippen LogP contribution in [0.2, 0.25) is 0 Å². The lowest BCUT2D eigenvalue weighted by Gasteiger charge is -2.08. The molecule has 0 heterocycles. The van der Waals surface area contributed by atoms with Crippen molar-refractivity contribution in [3.63, 3.8) is 0 Å². The van der Waals surface area contributed by atoms with E-state index in [4.69, 9.17) is 4.55 Å². The standard InChI is InChI=1S/C13H14O6S2.CH4/c1-10-5-6-11-3-2-4-13(12(11)9-10)20(14,15)8-7-19-21(16,17)18;/h2-6,9H,7-8H2,1H3,(H,16,17,18);1H4. The minimum atomic E-state index is -4.64. The highest BCUT2D eigenvalue weighted by Gasteiger charge is 2.19.